The van der Waals surface area contributed by atoms with E-state index in [4.69, 9.17) is 16.3 Å². The number of ether oxygens (including phenoxy) is 1. The fourth-order valence-corrected chi connectivity index (χ4v) is 4.18. The van der Waals surface area contributed by atoms with E-state index in [-0.39, 0.29) is 29.6 Å². The monoisotopic (exact) mass is 481 g/mol. The van der Waals surface area contributed by atoms with Crippen LogP contribution in [0.1, 0.15) is 27.1 Å². The number of aromatic nitrogens is 2. The van der Waals surface area contributed by atoms with E-state index in [9.17, 15) is 19.2 Å². The molecule has 0 bridgehead atoms. The van der Waals surface area contributed by atoms with Gasteiger partial charge in [-0.1, -0.05) is 23.4 Å². The molecule has 0 saturated carbocycles. The summed E-state index contributed by atoms with van der Waals surface area (Å²) in [6, 6.07) is 13.8. The summed E-state index contributed by atoms with van der Waals surface area (Å²) in [6.07, 6.45) is 3.16. The molecule has 1 saturated heterocycles. The minimum atomic E-state index is -0.697. The molecule has 1 fully saturated rings. The third kappa shape index (κ3) is 5.27. The normalized spacial score (nSPS) is 15.5. The molecule has 0 aliphatic carbocycles. The molecule has 0 radical (unpaired) electrons. The van der Waals surface area contributed by atoms with Crippen LogP contribution >= 0.6 is 23.4 Å². The third-order valence-electron chi connectivity index (χ3n) is 4.76. The molecule has 1 aliphatic rings. The second-order valence-corrected chi connectivity index (χ2v) is 8.57. The maximum atomic E-state index is 12.8. The number of hydrogen-bond acceptors (Lipinski definition) is 8. The van der Waals surface area contributed by atoms with E-state index in [0.717, 1.165) is 16.7 Å². The number of ketones is 1. The van der Waals surface area contributed by atoms with Crippen molar-refractivity contribution in [3.8, 4) is 0 Å². The Morgan fingerprint density at radius 2 is 1.64 bits per heavy atom. The molecule has 2 heterocycles. The van der Waals surface area contributed by atoms with Crippen molar-refractivity contribution in [2.45, 2.75) is 16.8 Å². The van der Waals surface area contributed by atoms with Crippen LogP contribution in [0.15, 0.2) is 72.1 Å². The van der Waals surface area contributed by atoms with Crippen molar-refractivity contribution in [1.29, 1.82) is 0 Å². The molecule has 2 amide bonds. The van der Waals surface area contributed by atoms with Gasteiger partial charge in [0.1, 0.15) is 5.25 Å². The number of thioether (sulfide) groups is 1. The Bertz CT molecular complexity index is 1200. The first-order valence-corrected chi connectivity index (χ1v) is 11.0. The molecule has 4 rings (SSSR count). The molecule has 0 N–H and O–H groups in total. The number of hydrogen-bond donors (Lipinski definition) is 0. The molecule has 2 aromatic carbocycles. The van der Waals surface area contributed by atoms with Crippen molar-refractivity contribution in [1.82, 2.24) is 9.97 Å². The number of carbonyl (C=O) groups is 4. The quantitative estimate of drug-likeness (QED) is 0.218. The summed E-state index contributed by atoms with van der Waals surface area (Å²) in [6.45, 7) is -0.425. The van der Waals surface area contributed by atoms with Crippen LogP contribution in [-0.2, 0) is 14.3 Å². The number of halogens is 1. The highest BCUT2D eigenvalue weighted by atomic mass is 35.5. The number of carbonyl (C=O) groups excluding carboxylic acids is 4. The lowest BCUT2D eigenvalue weighted by Crippen LogP contribution is -2.31. The molecular formula is C23H16ClN3O5S. The highest BCUT2D eigenvalue weighted by Gasteiger charge is 2.40. The molecule has 0 spiro atoms. The van der Waals surface area contributed by atoms with Crippen molar-refractivity contribution in [3.63, 3.8) is 0 Å². The number of anilines is 1. The van der Waals surface area contributed by atoms with Crippen LogP contribution in [0.2, 0.25) is 5.02 Å². The molecule has 1 aliphatic heterocycles. The van der Waals surface area contributed by atoms with Crippen LogP contribution in [0.3, 0.4) is 0 Å². The topological polar surface area (TPSA) is 107 Å². The largest absolute Gasteiger partial charge is 0.454 e. The van der Waals surface area contributed by atoms with Crippen LogP contribution in [0.4, 0.5) is 5.69 Å². The summed E-state index contributed by atoms with van der Waals surface area (Å²) in [5, 5.41) is 0.289. The van der Waals surface area contributed by atoms with Crippen molar-refractivity contribution >= 4 is 52.6 Å². The fraction of sp³-hybridized carbons (Fsp3) is 0.130. The minimum absolute atomic E-state index is 0.0261. The Kier molecular flexibility index (Phi) is 6.81. The predicted molar refractivity (Wildman–Crippen MR) is 121 cm³/mol. The van der Waals surface area contributed by atoms with Gasteiger partial charge in [0.2, 0.25) is 11.8 Å². The first kappa shape index (κ1) is 22.6. The van der Waals surface area contributed by atoms with Gasteiger partial charge in [-0.3, -0.25) is 14.4 Å². The lowest BCUT2D eigenvalue weighted by atomic mass is 10.1. The number of rotatable bonds is 7. The maximum absolute atomic E-state index is 12.8. The Labute approximate surface area is 197 Å². The van der Waals surface area contributed by atoms with Gasteiger partial charge in [0.25, 0.3) is 0 Å². The Morgan fingerprint density at radius 3 is 2.30 bits per heavy atom. The van der Waals surface area contributed by atoms with Gasteiger partial charge in [0.05, 0.1) is 11.3 Å². The van der Waals surface area contributed by atoms with E-state index in [1.54, 1.807) is 42.7 Å². The van der Waals surface area contributed by atoms with E-state index >= 15 is 0 Å². The van der Waals surface area contributed by atoms with Gasteiger partial charge in [-0.15, -0.1) is 0 Å². The van der Waals surface area contributed by atoms with Crippen molar-refractivity contribution in [2.75, 3.05) is 11.5 Å². The zero-order valence-corrected chi connectivity index (χ0v) is 18.6. The summed E-state index contributed by atoms with van der Waals surface area (Å²) >= 11 is 6.93. The SMILES string of the molecule is O=C(COC(=O)c1ccc(N2C(=O)CC(Sc3ncccn3)C2=O)cc1)c1ccc(Cl)cc1. The fourth-order valence-electron chi connectivity index (χ4n) is 3.12. The highest BCUT2D eigenvalue weighted by molar-refractivity contribution is 8.00. The third-order valence-corrected chi connectivity index (χ3v) is 6.08. The number of nitrogens with zero attached hydrogens (tertiary/aromatic N) is 3. The molecule has 33 heavy (non-hydrogen) atoms. The Morgan fingerprint density at radius 1 is 1.00 bits per heavy atom. The van der Waals surface area contributed by atoms with E-state index in [2.05, 4.69) is 9.97 Å². The van der Waals surface area contributed by atoms with Crippen LogP contribution in [0.25, 0.3) is 0 Å². The second kappa shape index (κ2) is 9.93. The molecule has 1 atom stereocenters. The first-order chi connectivity index (χ1) is 15.9. The van der Waals surface area contributed by atoms with Gasteiger partial charge in [-0.25, -0.2) is 19.7 Å². The van der Waals surface area contributed by atoms with Gasteiger partial charge in [-0.2, -0.15) is 0 Å². The summed E-state index contributed by atoms with van der Waals surface area (Å²) in [4.78, 5) is 58.9. The number of esters is 1. The minimum Gasteiger partial charge on any atom is -0.454 e. The molecule has 166 valence electrons. The van der Waals surface area contributed by atoms with E-state index in [1.165, 1.54) is 24.3 Å². The highest BCUT2D eigenvalue weighted by Crippen LogP contribution is 2.32. The van der Waals surface area contributed by atoms with Gasteiger partial charge in [0.15, 0.2) is 17.5 Å². The number of amides is 2. The van der Waals surface area contributed by atoms with Crippen molar-refractivity contribution in [2.24, 2.45) is 0 Å². The van der Waals surface area contributed by atoms with Crippen LogP contribution in [0.5, 0.6) is 0 Å². The standard InChI is InChI=1S/C23H16ClN3O5S/c24-16-6-2-14(3-7-16)18(28)13-32-22(31)15-4-8-17(9-5-15)27-20(29)12-19(21(27)30)33-23-25-10-1-11-26-23/h1-11,19H,12-13H2. The number of benzene rings is 2. The first-order valence-electron chi connectivity index (χ1n) is 9.79. The predicted octanol–water partition coefficient (Wildman–Crippen LogP) is 3.59. The smallest absolute Gasteiger partial charge is 0.338 e. The maximum Gasteiger partial charge on any atom is 0.338 e. The lowest BCUT2D eigenvalue weighted by Gasteiger charge is -2.15. The molecule has 3 aromatic rings. The molecule has 1 aromatic heterocycles. The van der Waals surface area contributed by atoms with Gasteiger partial charge in [-0.05, 0) is 54.6 Å². The Balaban J connectivity index is 1.37. The van der Waals surface area contributed by atoms with Crippen LogP contribution in [0, 0.1) is 0 Å². The molecule has 10 heteroatoms. The van der Waals surface area contributed by atoms with E-state index in [0.29, 0.717) is 21.4 Å². The zero-order chi connectivity index (χ0) is 23.4. The average molecular weight is 482 g/mol. The summed E-state index contributed by atoms with van der Waals surface area (Å²) in [7, 11) is 0. The van der Waals surface area contributed by atoms with Gasteiger partial charge >= 0.3 is 5.97 Å². The van der Waals surface area contributed by atoms with E-state index < -0.39 is 17.8 Å². The van der Waals surface area contributed by atoms with Crippen LogP contribution in [-0.4, -0.2) is 45.4 Å². The van der Waals surface area contributed by atoms with Crippen molar-refractivity contribution < 1.29 is 23.9 Å². The molecule has 8 nitrogen and oxygen atoms in total. The summed E-state index contributed by atoms with van der Waals surface area (Å²) in [5.41, 5.74) is 0.906. The average Bonchev–Trinajstić information content (AvgIpc) is 3.11. The van der Waals surface area contributed by atoms with Crippen LogP contribution < -0.4 is 4.90 Å². The summed E-state index contributed by atoms with van der Waals surface area (Å²) in [5.74, 6) is -1.79. The zero-order valence-electron chi connectivity index (χ0n) is 17.0. The van der Waals surface area contributed by atoms with Gasteiger partial charge in [0, 0.05) is 29.4 Å². The lowest BCUT2D eigenvalue weighted by molar-refractivity contribution is -0.121. The van der Waals surface area contributed by atoms with E-state index in [1.807, 2.05) is 0 Å². The van der Waals surface area contributed by atoms with Gasteiger partial charge < -0.3 is 4.74 Å². The van der Waals surface area contributed by atoms with Crippen molar-refractivity contribution in [3.05, 3.63) is 83.1 Å². The Hall–Kier alpha value is -3.56. The number of imide groups is 1. The molecular weight excluding hydrogens is 466 g/mol. The number of Topliss-reactive ketones (excluding diaryl/α,β-unsaturated/α-hetero) is 1. The second-order valence-electron chi connectivity index (χ2n) is 6.96. The molecule has 1 unspecified atom stereocenters. The summed E-state index contributed by atoms with van der Waals surface area (Å²) < 4.78 is 5.08.